The van der Waals surface area contributed by atoms with E-state index in [1.54, 1.807) is 30.3 Å². The number of thiocarbonyl (C=S) groups is 1. The van der Waals surface area contributed by atoms with Gasteiger partial charge in [-0.1, -0.05) is 55.2 Å². The first-order chi connectivity index (χ1) is 13.9. The number of nitrogens with one attached hydrogen (secondary N) is 2. The first-order valence-electron chi connectivity index (χ1n) is 9.15. The number of para-hydroxylation sites is 1. The SMILES string of the molecule is CC[C@H](C)c1ccccc1NC(=S)NC(=O)c1ccc(-c2ccc(Cl)cc2Cl)o1. The monoisotopic (exact) mass is 446 g/mol. The predicted molar refractivity (Wildman–Crippen MR) is 123 cm³/mol. The van der Waals surface area contributed by atoms with Crippen molar-refractivity contribution < 1.29 is 9.21 Å². The van der Waals surface area contributed by atoms with Crippen molar-refractivity contribution in [2.75, 3.05) is 5.32 Å². The standard InChI is InChI=1S/C22H20Cl2N2O2S/c1-3-13(2)15-6-4-5-7-18(15)25-22(29)26-21(27)20-11-10-19(28-20)16-9-8-14(23)12-17(16)24/h4-13H,3H2,1-2H3,(H2,25,26,27,29)/t13-/m0/s1. The highest BCUT2D eigenvalue weighted by Gasteiger charge is 2.16. The number of furan rings is 1. The number of hydrogen-bond acceptors (Lipinski definition) is 3. The maximum absolute atomic E-state index is 12.5. The number of carbonyl (C=O) groups is 1. The minimum absolute atomic E-state index is 0.130. The van der Waals surface area contributed by atoms with E-state index >= 15 is 0 Å². The van der Waals surface area contributed by atoms with E-state index in [1.165, 1.54) is 0 Å². The summed E-state index contributed by atoms with van der Waals surface area (Å²) in [6.07, 6.45) is 1.00. The minimum atomic E-state index is -0.445. The van der Waals surface area contributed by atoms with E-state index in [4.69, 9.17) is 39.8 Å². The fourth-order valence-electron chi connectivity index (χ4n) is 2.87. The number of anilines is 1. The largest absolute Gasteiger partial charge is 0.451 e. The first kappa shape index (κ1) is 21.4. The molecule has 0 bridgehead atoms. The Morgan fingerprint density at radius 2 is 1.90 bits per heavy atom. The summed E-state index contributed by atoms with van der Waals surface area (Å²) in [5.74, 6) is 0.525. The van der Waals surface area contributed by atoms with Crippen molar-refractivity contribution in [3.05, 3.63) is 76.0 Å². The molecule has 2 N–H and O–H groups in total. The second-order valence-electron chi connectivity index (χ2n) is 6.59. The van der Waals surface area contributed by atoms with Crippen molar-refractivity contribution in [3.8, 4) is 11.3 Å². The maximum atomic E-state index is 12.5. The molecule has 4 nitrogen and oxygen atoms in total. The summed E-state index contributed by atoms with van der Waals surface area (Å²) in [4.78, 5) is 12.5. The van der Waals surface area contributed by atoms with Crippen LogP contribution in [-0.4, -0.2) is 11.0 Å². The number of hydrogen-bond donors (Lipinski definition) is 2. The molecule has 3 rings (SSSR count). The van der Waals surface area contributed by atoms with Crippen LogP contribution < -0.4 is 10.6 Å². The van der Waals surface area contributed by atoms with Crippen LogP contribution in [0, 0.1) is 0 Å². The van der Waals surface area contributed by atoms with E-state index in [1.807, 2.05) is 18.2 Å². The van der Waals surface area contributed by atoms with Crippen LogP contribution in [0.25, 0.3) is 11.3 Å². The van der Waals surface area contributed by atoms with Gasteiger partial charge in [-0.2, -0.15) is 0 Å². The lowest BCUT2D eigenvalue weighted by atomic mass is 9.97. The van der Waals surface area contributed by atoms with Crippen LogP contribution in [0.5, 0.6) is 0 Å². The van der Waals surface area contributed by atoms with Gasteiger partial charge in [-0.3, -0.25) is 10.1 Å². The molecule has 0 radical (unpaired) electrons. The second-order valence-corrected chi connectivity index (χ2v) is 7.84. The van der Waals surface area contributed by atoms with Crippen LogP contribution in [0.2, 0.25) is 10.0 Å². The van der Waals surface area contributed by atoms with Crippen LogP contribution in [-0.2, 0) is 0 Å². The van der Waals surface area contributed by atoms with Gasteiger partial charge in [0, 0.05) is 16.3 Å². The highest BCUT2D eigenvalue weighted by Crippen LogP contribution is 2.31. The molecule has 0 saturated heterocycles. The molecule has 1 amide bonds. The third kappa shape index (κ3) is 5.18. The molecule has 150 valence electrons. The van der Waals surface area contributed by atoms with Gasteiger partial charge in [-0.25, -0.2) is 0 Å². The highest BCUT2D eigenvalue weighted by molar-refractivity contribution is 7.80. The highest BCUT2D eigenvalue weighted by atomic mass is 35.5. The third-order valence-electron chi connectivity index (χ3n) is 4.61. The number of benzene rings is 2. The molecule has 0 unspecified atom stereocenters. The molecule has 0 saturated carbocycles. The molecular weight excluding hydrogens is 427 g/mol. The summed E-state index contributed by atoms with van der Waals surface area (Å²) in [6.45, 7) is 4.28. The van der Waals surface area contributed by atoms with Gasteiger partial charge in [0.15, 0.2) is 10.9 Å². The molecule has 0 spiro atoms. The van der Waals surface area contributed by atoms with Crippen molar-refractivity contribution in [2.45, 2.75) is 26.2 Å². The van der Waals surface area contributed by atoms with Crippen molar-refractivity contribution in [2.24, 2.45) is 0 Å². The van der Waals surface area contributed by atoms with Gasteiger partial charge in [-0.05, 0) is 66.5 Å². The summed E-state index contributed by atoms with van der Waals surface area (Å²) in [6, 6.07) is 16.2. The molecule has 0 fully saturated rings. The van der Waals surface area contributed by atoms with E-state index < -0.39 is 5.91 Å². The molecule has 0 aliphatic rings. The van der Waals surface area contributed by atoms with Crippen LogP contribution in [0.1, 0.15) is 42.3 Å². The molecule has 1 atom stereocenters. The van der Waals surface area contributed by atoms with Crippen molar-refractivity contribution in [1.29, 1.82) is 0 Å². The molecule has 3 aromatic rings. The zero-order valence-electron chi connectivity index (χ0n) is 16.0. The fourth-order valence-corrected chi connectivity index (χ4v) is 3.58. The Morgan fingerprint density at radius 3 is 2.62 bits per heavy atom. The molecule has 0 aliphatic carbocycles. The lowest BCUT2D eigenvalue weighted by Crippen LogP contribution is -2.34. The van der Waals surface area contributed by atoms with Gasteiger partial charge >= 0.3 is 0 Å². The topological polar surface area (TPSA) is 54.3 Å². The Balaban J connectivity index is 1.70. The van der Waals surface area contributed by atoms with Gasteiger partial charge in [0.1, 0.15) is 5.76 Å². The number of halogens is 2. The Labute approximate surface area is 185 Å². The number of rotatable bonds is 5. The summed E-state index contributed by atoms with van der Waals surface area (Å²) >= 11 is 17.4. The summed E-state index contributed by atoms with van der Waals surface area (Å²) in [5, 5.41) is 6.92. The smallest absolute Gasteiger partial charge is 0.293 e. The van der Waals surface area contributed by atoms with Crippen LogP contribution in [0.4, 0.5) is 5.69 Å². The first-order valence-corrected chi connectivity index (χ1v) is 10.3. The number of carbonyl (C=O) groups excluding carboxylic acids is 1. The molecule has 2 aromatic carbocycles. The second kappa shape index (κ2) is 9.44. The molecule has 1 aromatic heterocycles. The van der Waals surface area contributed by atoms with E-state index in [-0.39, 0.29) is 10.9 Å². The van der Waals surface area contributed by atoms with E-state index in [0.717, 1.165) is 17.7 Å². The van der Waals surface area contributed by atoms with E-state index in [2.05, 4.69) is 30.5 Å². The van der Waals surface area contributed by atoms with Crippen LogP contribution in [0.15, 0.2) is 59.0 Å². The van der Waals surface area contributed by atoms with Gasteiger partial charge in [0.2, 0.25) is 0 Å². The summed E-state index contributed by atoms with van der Waals surface area (Å²) in [5.41, 5.74) is 2.67. The summed E-state index contributed by atoms with van der Waals surface area (Å²) < 4.78 is 5.66. The average Bonchev–Trinajstić information content (AvgIpc) is 3.17. The quantitative estimate of drug-likeness (QED) is 0.418. The average molecular weight is 447 g/mol. The summed E-state index contributed by atoms with van der Waals surface area (Å²) in [7, 11) is 0. The van der Waals surface area contributed by atoms with Crippen molar-refractivity contribution >= 4 is 52.1 Å². The zero-order valence-corrected chi connectivity index (χ0v) is 18.3. The van der Waals surface area contributed by atoms with Crippen LogP contribution in [0.3, 0.4) is 0 Å². The molecule has 29 heavy (non-hydrogen) atoms. The van der Waals surface area contributed by atoms with Gasteiger partial charge in [0.25, 0.3) is 5.91 Å². The Morgan fingerprint density at radius 1 is 1.14 bits per heavy atom. The number of amides is 1. The van der Waals surface area contributed by atoms with E-state index in [9.17, 15) is 4.79 Å². The van der Waals surface area contributed by atoms with Crippen LogP contribution >= 0.6 is 35.4 Å². The molecule has 7 heteroatoms. The third-order valence-corrected chi connectivity index (χ3v) is 5.36. The maximum Gasteiger partial charge on any atom is 0.293 e. The van der Waals surface area contributed by atoms with Crippen molar-refractivity contribution in [3.63, 3.8) is 0 Å². The Kier molecular flexibility index (Phi) is 6.96. The molecular formula is C22H20Cl2N2O2S. The Hall–Kier alpha value is -2.34. The van der Waals surface area contributed by atoms with Gasteiger partial charge < -0.3 is 9.73 Å². The zero-order chi connectivity index (χ0) is 21.0. The molecule has 1 heterocycles. The van der Waals surface area contributed by atoms with Gasteiger partial charge in [0.05, 0.1) is 5.02 Å². The van der Waals surface area contributed by atoms with E-state index in [0.29, 0.717) is 27.3 Å². The van der Waals surface area contributed by atoms with Gasteiger partial charge in [-0.15, -0.1) is 0 Å². The normalized spacial score (nSPS) is 11.7. The molecule has 0 aliphatic heterocycles. The minimum Gasteiger partial charge on any atom is -0.451 e. The lowest BCUT2D eigenvalue weighted by Gasteiger charge is -2.16. The van der Waals surface area contributed by atoms with Crippen molar-refractivity contribution in [1.82, 2.24) is 5.32 Å². The Bertz CT molecular complexity index is 1050. The lowest BCUT2D eigenvalue weighted by molar-refractivity contribution is 0.0951. The predicted octanol–water partition coefficient (Wildman–Crippen LogP) is 6.89. The fraction of sp³-hybridized carbons (Fsp3) is 0.182.